The molecule has 0 aromatic heterocycles. The van der Waals surface area contributed by atoms with Crippen molar-refractivity contribution in [2.75, 3.05) is 11.5 Å². The van der Waals surface area contributed by atoms with Crippen LogP contribution in [0.3, 0.4) is 0 Å². The normalized spacial score (nSPS) is 9.47. The summed E-state index contributed by atoms with van der Waals surface area (Å²) in [4.78, 5) is 0. The van der Waals surface area contributed by atoms with Gasteiger partial charge in [0.15, 0.2) is 0 Å². The molecule has 0 heterocycles. The van der Waals surface area contributed by atoms with Crippen molar-refractivity contribution < 1.29 is 0 Å². The maximum atomic E-state index is 4.83. The summed E-state index contributed by atoms with van der Waals surface area (Å²) in [5.41, 5.74) is 0. The zero-order valence-corrected chi connectivity index (χ0v) is 17.7. The van der Waals surface area contributed by atoms with E-state index in [-0.39, 0.29) is 23.9 Å². The maximum absolute atomic E-state index is 4.83. The van der Waals surface area contributed by atoms with E-state index in [9.17, 15) is 0 Å². The monoisotopic (exact) mass is 410 g/mol. The Morgan fingerprint density at radius 2 is 0.737 bits per heavy atom. The molecule has 0 spiro atoms. The summed E-state index contributed by atoms with van der Waals surface area (Å²) >= 11 is 9.66. The average molecular weight is 409 g/mol. The van der Waals surface area contributed by atoms with Gasteiger partial charge in [-0.1, -0.05) is 90.9 Å². The summed E-state index contributed by atoms with van der Waals surface area (Å²) in [5, 5.41) is 0. The zero-order chi connectivity index (χ0) is 13.9. The first-order valence-corrected chi connectivity index (χ1v) is 9.15. The molecule has 0 fully saturated rings. The molecular formula is C16H34S2Sn. The summed E-state index contributed by atoms with van der Waals surface area (Å²) in [6.07, 6.45) is 16.3. The van der Waals surface area contributed by atoms with Gasteiger partial charge in [0.2, 0.25) is 0 Å². The van der Waals surface area contributed by atoms with Gasteiger partial charge < -0.3 is 25.3 Å². The van der Waals surface area contributed by atoms with Crippen LogP contribution in [0.2, 0.25) is 0 Å². The Morgan fingerprint density at radius 1 is 0.474 bits per heavy atom. The molecule has 0 unspecified atom stereocenters. The van der Waals surface area contributed by atoms with E-state index in [4.69, 9.17) is 25.3 Å². The van der Waals surface area contributed by atoms with Gasteiger partial charge in [-0.25, -0.2) is 0 Å². The Bertz CT molecular complexity index is 95.3. The third kappa shape index (κ3) is 32.8. The predicted molar refractivity (Wildman–Crippen MR) is 97.0 cm³/mol. The van der Waals surface area contributed by atoms with Crippen molar-refractivity contribution in [2.45, 2.75) is 90.9 Å². The van der Waals surface area contributed by atoms with Crippen molar-refractivity contribution >= 4 is 49.2 Å². The molecule has 0 amide bonds. The second-order valence-corrected chi connectivity index (χ2v) is 5.76. The van der Waals surface area contributed by atoms with Crippen LogP contribution in [0, 0.1) is 0 Å². The van der Waals surface area contributed by atoms with Crippen LogP contribution in [0.15, 0.2) is 0 Å². The van der Waals surface area contributed by atoms with Crippen molar-refractivity contribution in [1.82, 2.24) is 0 Å². The van der Waals surface area contributed by atoms with Crippen LogP contribution < -0.4 is 0 Å². The Kier molecular flexibility index (Phi) is 37.2. The van der Waals surface area contributed by atoms with Crippen LogP contribution in [0.4, 0.5) is 0 Å². The third-order valence-electron chi connectivity index (χ3n) is 3.00. The summed E-state index contributed by atoms with van der Waals surface area (Å²) in [6, 6.07) is 0. The second-order valence-electron chi connectivity index (χ2n) is 4.94. The Labute approximate surface area is 151 Å². The molecular weight excluding hydrogens is 375 g/mol. The first kappa shape index (κ1) is 25.5. The summed E-state index contributed by atoms with van der Waals surface area (Å²) in [7, 11) is 0. The summed E-state index contributed by atoms with van der Waals surface area (Å²) in [6.45, 7) is 4.49. The minimum atomic E-state index is 0. The molecule has 19 heavy (non-hydrogen) atoms. The fourth-order valence-corrected chi connectivity index (χ4v) is 2.17. The Balaban J connectivity index is -0.000000256. The van der Waals surface area contributed by atoms with Gasteiger partial charge in [0.1, 0.15) is 0 Å². The molecule has 3 heteroatoms. The molecule has 0 aromatic rings. The van der Waals surface area contributed by atoms with Crippen molar-refractivity contribution in [2.24, 2.45) is 0 Å². The minimum absolute atomic E-state index is 0. The van der Waals surface area contributed by atoms with Gasteiger partial charge in [0.05, 0.1) is 0 Å². The van der Waals surface area contributed by atoms with Gasteiger partial charge in [-0.3, -0.25) is 0 Å². The molecule has 114 valence electrons. The van der Waals surface area contributed by atoms with Crippen LogP contribution in [0.5, 0.6) is 0 Å². The van der Waals surface area contributed by atoms with Crippen LogP contribution in [0.25, 0.3) is 0 Å². The largest absolute Gasteiger partial charge is 2.00 e. The first-order valence-electron chi connectivity index (χ1n) is 7.99. The van der Waals surface area contributed by atoms with Gasteiger partial charge in [0, 0.05) is 0 Å². The molecule has 0 saturated carbocycles. The SMILES string of the molecule is CCCCCCCC[S-].CCCCCCCC[S-].[Sn+2]. The molecule has 0 atom stereocenters. The van der Waals surface area contributed by atoms with Crippen LogP contribution >= 0.6 is 0 Å². The van der Waals surface area contributed by atoms with E-state index in [2.05, 4.69) is 13.8 Å². The Hall–Kier alpha value is 1.50. The number of hydrogen-bond acceptors (Lipinski definition) is 2. The topological polar surface area (TPSA) is 0 Å². The van der Waals surface area contributed by atoms with Crippen molar-refractivity contribution in [3.05, 3.63) is 0 Å². The molecule has 2 radical (unpaired) electrons. The van der Waals surface area contributed by atoms with Gasteiger partial charge in [-0.15, -0.1) is 0 Å². The fourth-order valence-electron chi connectivity index (χ4n) is 1.76. The standard InChI is InChI=1S/2C8H18S.Sn/c2*1-2-3-4-5-6-7-8-9;/h2*9H,2-8H2,1H3;/q;;+2/p-2. The predicted octanol–water partition coefficient (Wildman–Crippen LogP) is 5.41. The summed E-state index contributed by atoms with van der Waals surface area (Å²) < 4.78 is 0. The molecule has 0 aliphatic heterocycles. The first-order chi connectivity index (χ1) is 8.83. The minimum Gasteiger partial charge on any atom is -0.793 e. The van der Waals surface area contributed by atoms with E-state index in [1.807, 2.05) is 0 Å². The van der Waals surface area contributed by atoms with Gasteiger partial charge in [-0.05, 0) is 0 Å². The van der Waals surface area contributed by atoms with Crippen molar-refractivity contribution in [3.8, 4) is 0 Å². The van der Waals surface area contributed by atoms with Gasteiger partial charge in [0.25, 0.3) is 0 Å². The van der Waals surface area contributed by atoms with Gasteiger partial charge in [-0.2, -0.15) is 11.5 Å². The molecule has 0 bridgehead atoms. The second kappa shape index (κ2) is 27.8. The molecule has 0 N–H and O–H groups in total. The van der Waals surface area contributed by atoms with Crippen LogP contribution in [-0.2, 0) is 25.3 Å². The average Bonchev–Trinajstić information content (AvgIpc) is 2.39. The molecule has 0 rings (SSSR count). The number of rotatable bonds is 12. The number of unbranched alkanes of at least 4 members (excludes halogenated alkanes) is 10. The van der Waals surface area contributed by atoms with E-state index >= 15 is 0 Å². The van der Waals surface area contributed by atoms with E-state index < -0.39 is 0 Å². The van der Waals surface area contributed by atoms with Crippen molar-refractivity contribution in [3.63, 3.8) is 0 Å². The molecule has 0 aliphatic rings. The molecule has 0 nitrogen and oxygen atoms in total. The molecule has 0 aliphatic carbocycles. The quantitative estimate of drug-likeness (QED) is 0.240. The van der Waals surface area contributed by atoms with E-state index in [1.54, 1.807) is 0 Å². The van der Waals surface area contributed by atoms with Crippen LogP contribution in [0.1, 0.15) is 90.9 Å². The summed E-state index contributed by atoms with van der Waals surface area (Å²) in [5.74, 6) is 1.90. The van der Waals surface area contributed by atoms with E-state index in [0.717, 1.165) is 11.5 Å². The number of hydrogen-bond donors (Lipinski definition) is 0. The van der Waals surface area contributed by atoms with E-state index in [1.165, 1.54) is 77.0 Å². The van der Waals surface area contributed by atoms with Crippen LogP contribution in [-0.4, -0.2) is 35.4 Å². The maximum Gasteiger partial charge on any atom is 2.00 e. The fraction of sp³-hybridized carbons (Fsp3) is 1.00. The third-order valence-corrected chi connectivity index (χ3v) is 3.57. The smallest absolute Gasteiger partial charge is 0.793 e. The molecule has 0 saturated heterocycles. The van der Waals surface area contributed by atoms with E-state index in [0.29, 0.717) is 0 Å². The molecule has 0 aromatic carbocycles. The zero-order valence-electron chi connectivity index (χ0n) is 13.2. The Morgan fingerprint density at radius 3 is 1.00 bits per heavy atom. The van der Waals surface area contributed by atoms with Crippen molar-refractivity contribution in [1.29, 1.82) is 0 Å². The van der Waals surface area contributed by atoms with Gasteiger partial charge >= 0.3 is 23.9 Å².